The summed E-state index contributed by atoms with van der Waals surface area (Å²) >= 11 is 0. The minimum absolute atomic E-state index is 0.481. The fraction of sp³-hybridized carbons (Fsp3) is 0.200. The maximum atomic E-state index is 11.5. The summed E-state index contributed by atoms with van der Waals surface area (Å²) in [5.41, 5.74) is 0.668. The predicted molar refractivity (Wildman–Crippen MR) is 51.0 cm³/mol. The van der Waals surface area contributed by atoms with Gasteiger partial charge in [0.05, 0.1) is 6.42 Å². The number of hydrogen-bond donors (Lipinski definition) is 0. The molecule has 0 unspecified atom stereocenters. The first-order valence-corrected chi connectivity index (χ1v) is 4.07. The molecule has 0 aliphatic carbocycles. The van der Waals surface area contributed by atoms with Gasteiger partial charge in [0.25, 0.3) is 0 Å². The number of nitrogens with zero attached hydrogens (tertiary/aromatic N) is 2. The molecule has 0 saturated carbocycles. The molecule has 3 heteroatoms. The molecule has 1 rings (SSSR count). The molecule has 0 atom stereocenters. The highest BCUT2D eigenvalue weighted by molar-refractivity contribution is 5.00. The molecule has 0 spiro atoms. The van der Waals surface area contributed by atoms with E-state index in [2.05, 4.69) is 18.1 Å². The van der Waals surface area contributed by atoms with Crippen molar-refractivity contribution in [2.45, 2.75) is 12.8 Å². The molecule has 0 fully saturated rings. The van der Waals surface area contributed by atoms with Gasteiger partial charge in [-0.3, -0.25) is 0 Å². The van der Waals surface area contributed by atoms with Crippen LogP contribution in [0.25, 0.3) is 0 Å². The van der Waals surface area contributed by atoms with Crippen molar-refractivity contribution >= 4 is 0 Å². The Balaban J connectivity index is 3.02. The summed E-state index contributed by atoms with van der Waals surface area (Å²) in [6.45, 7) is 7.14. The van der Waals surface area contributed by atoms with Crippen LogP contribution < -0.4 is 4.73 Å². The highest BCUT2D eigenvalue weighted by Crippen LogP contribution is 1.95. The average Bonchev–Trinajstić information content (AvgIpc) is 2.13. The highest BCUT2D eigenvalue weighted by Gasteiger charge is 2.07. The number of rotatable bonds is 4. The second kappa shape index (κ2) is 4.40. The van der Waals surface area contributed by atoms with E-state index in [-0.39, 0.29) is 0 Å². The molecule has 1 aromatic heterocycles. The van der Waals surface area contributed by atoms with E-state index in [1.54, 1.807) is 24.4 Å². The lowest BCUT2D eigenvalue weighted by Gasteiger charge is -2.08. The second-order valence-electron chi connectivity index (χ2n) is 2.63. The molecule has 0 aliphatic rings. The van der Waals surface area contributed by atoms with Gasteiger partial charge in [0.1, 0.15) is 11.9 Å². The van der Waals surface area contributed by atoms with Gasteiger partial charge in [0.15, 0.2) is 0 Å². The minimum atomic E-state index is 0.481. The lowest BCUT2D eigenvalue weighted by atomic mass is 10.3. The molecular weight excluding hydrogens is 164 g/mol. The fourth-order valence-electron chi connectivity index (χ4n) is 1.06. The molecule has 1 aromatic rings. The Morgan fingerprint density at radius 2 is 2.08 bits per heavy atom. The third kappa shape index (κ3) is 2.15. The summed E-state index contributed by atoms with van der Waals surface area (Å²) in [4.78, 5) is 3.96. The van der Waals surface area contributed by atoms with Crippen LogP contribution in [0.4, 0.5) is 0 Å². The fourth-order valence-corrected chi connectivity index (χ4v) is 1.06. The molecule has 0 aromatic carbocycles. The van der Waals surface area contributed by atoms with Crippen molar-refractivity contribution in [2.75, 3.05) is 0 Å². The highest BCUT2D eigenvalue weighted by atomic mass is 16.5. The van der Waals surface area contributed by atoms with Crippen molar-refractivity contribution in [3.63, 3.8) is 0 Å². The van der Waals surface area contributed by atoms with Crippen LogP contribution in [0.3, 0.4) is 0 Å². The van der Waals surface area contributed by atoms with E-state index in [1.165, 1.54) is 0 Å². The monoisotopic (exact) mass is 176 g/mol. The number of aromatic nitrogens is 2. The molecule has 0 saturated heterocycles. The van der Waals surface area contributed by atoms with E-state index >= 15 is 0 Å². The Morgan fingerprint density at radius 3 is 2.69 bits per heavy atom. The summed E-state index contributed by atoms with van der Waals surface area (Å²) in [6.07, 6.45) is 6.05. The summed E-state index contributed by atoms with van der Waals surface area (Å²) in [6, 6.07) is 1.70. The molecule has 0 N–H and O–H groups in total. The SMILES string of the molecule is C=CCc1ccnc(CC=C)[n+]1[O-]. The van der Waals surface area contributed by atoms with Crippen molar-refractivity contribution < 1.29 is 4.73 Å². The van der Waals surface area contributed by atoms with E-state index < -0.39 is 0 Å². The van der Waals surface area contributed by atoms with Crippen molar-refractivity contribution in [1.82, 2.24) is 4.98 Å². The van der Waals surface area contributed by atoms with Crippen LogP contribution in [-0.2, 0) is 12.8 Å². The summed E-state index contributed by atoms with van der Waals surface area (Å²) < 4.78 is 0.837. The first kappa shape index (κ1) is 9.45. The van der Waals surface area contributed by atoms with E-state index in [0.29, 0.717) is 24.4 Å². The van der Waals surface area contributed by atoms with E-state index in [4.69, 9.17) is 0 Å². The first-order chi connectivity index (χ1) is 6.29. The molecule has 0 radical (unpaired) electrons. The van der Waals surface area contributed by atoms with Crippen LogP contribution in [0.2, 0.25) is 0 Å². The summed E-state index contributed by atoms with van der Waals surface area (Å²) in [5, 5.41) is 11.5. The molecular formula is C10H12N2O. The Kier molecular flexibility index (Phi) is 3.20. The zero-order valence-electron chi connectivity index (χ0n) is 7.44. The second-order valence-corrected chi connectivity index (χ2v) is 2.63. The zero-order chi connectivity index (χ0) is 9.68. The van der Waals surface area contributed by atoms with Gasteiger partial charge in [-0.15, -0.1) is 13.2 Å². The Labute approximate surface area is 77.6 Å². The van der Waals surface area contributed by atoms with Crippen LogP contribution in [0.5, 0.6) is 0 Å². The smallest absolute Gasteiger partial charge is 0.305 e. The maximum absolute atomic E-state index is 11.5. The van der Waals surface area contributed by atoms with Gasteiger partial charge in [-0.25, -0.2) is 4.73 Å². The summed E-state index contributed by atoms with van der Waals surface area (Å²) in [5.74, 6) is 0.481. The van der Waals surface area contributed by atoms with Crippen LogP contribution in [0.15, 0.2) is 37.6 Å². The largest absolute Gasteiger partial charge is 0.711 e. The van der Waals surface area contributed by atoms with Gasteiger partial charge < -0.3 is 5.21 Å². The van der Waals surface area contributed by atoms with Gasteiger partial charge in [0.2, 0.25) is 0 Å². The number of hydrogen-bond acceptors (Lipinski definition) is 2. The van der Waals surface area contributed by atoms with Gasteiger partial charge in [0, 0.05) is 12.5 Å². The van der Waals surface area contributed by atoms with Crippen molar-refractivity contribution in [3.05, 3.63) is 54.3 Å². The molecule has 1 heterocycles. The van der Waals surface area contributed by atoms with Gasteiger partial charge >= 0.3 is 5.82 Å². The van der Waals surface area contributed by atoms with Crippen LogP contribution in [0, 0.1) is 5.21 Å². The third-order valence-electron chi connectivity index (χ3n) is 1.67. The lowest BCUT2D eigenvalue weighted by molar-refractivity contribution is -0.625. The van der Waals surface area contributed by atoms with E-state index in [0.717, 1.165) is 4.73 Å². The molecule has 3 nitrogen and oxygen atoms in total. The van der Waals surface area contributed by atoms with E-state index in [9.17, 15) is 5.21 Å². The Hall–Kier alpha value is -1.64. The lowest BCUT2D eigenvalue weighted by Crippen LogP contribution is -2.37. The molecule has 68 valence electrons. The maximum Gasteiger partial charge on any atom is 0.305 e. The van der Waals surface area contributed by atoms with Crippen LogP contribution in [-0.4, -0.2) is 4.98 Å². The Bertz CT molecular complexity index is 292. The quantitative estimate of drug-likeness (QED) is 0.392. The normalized spacial score (nSPS) is 9.54. The average molecular weight is 176 g/mol. The van der Waals surface area contributed by atoms with Gasteiger partial charge in [-0.1, -0.05) is 17.1 Å². The zero-order valence-corrected chi connectivity index (χ0v) is 7.44. The minimum Gasteiger partial charge on any atom is -0.711 e. The van der Waals surface area contributed by atoms with Crippen LogP contribution >= 0.6 is 0 Å². The summed E-state index contributed by atoms with van der Waals surface area (Å²) in [7, 11) is 0. The van der Waals surface area contributed by atoms with Crippen molar-refractivity contribution in [2.24, 2.45) is 0 Å². The first-order valence-electron chi connectivity index (χ1n) is 4.07. The molecule has 0 bridgehead atoms. The Morgan fingerprint density at radius 1 is 1.38 bits per heavy atom. The number of allylic oxidation sites excluding steroid dienone is 2. The van der Waals surface area contributed by atoms with E-state index in [1.807, 2.05) is 0 Å². The van der Waals surface area contributed by atoms with Gasteiger partial charge in [-0.05, 0) is 0 Å². The molecule has 0 aliphatic heterocycles. The topological polar surface area (TPSA) is 39.8 Å². The van der Waals surface area contributed by atoms with Gasteiger partial charge in [-0.2, -0.15) is 0 Å². The standard InChI is InChI=1S/C10H12N2O/c1-3-5-9-7-8-11-10(6-4-2)12(9)13/h3-4,7-8H,1-2,5-6H2. The molecule has 13 heavy (non-hydrogen) atoms. The van der Waals surface area contributed by atoms with Crippen molar-refractivity contribution in [1.29, 1.82) is 0 Å². The third-order valence-corrected chi connectivity index (χ3v) is 1.67. The van der Waals surface area contributed by atoms with Crippen molar-refractivity contribution in [3.8, 4) is 0 Å². The van der Waals surface area contributed by atoms with Crippen LogP contribution in [0.1, 0.15) is 11.5 Å². The molecule has 0 amide bonds. The predicted octanol–water partition coefficient (Wildman–Crippen LogP) is 1.17.